The van der Waals surface area contributed by atoms with Gasteiger partial charge in [-0.25, -0.2) is 9.97 Å². The number of hydrogen-bond donors (Lipinski definition) is 0. The fraction of sp³-hybridized carbons (Fsp3) is 0.231. The van der Waals surface area contributed by atoms with Crippen LogP contribution < -0.4 is 0 Å². The van der Waals surface area contributed by atoms with Gasteiger partial charge in [0.25, 0.3) is 5.91 Å². The number of carbonyl (C=O) groups is 2. The van der Waals surface area contributed by atoms with Gasteiger partial charge in [-0.2, -0.15) is 0 Å². The van der Waals surface area contributed by atoms with E-state index in [0.29, 0.717) is 29.4 Å². The summed E-state index contributed by atoms with van der Waals surface area (Å²) in [5.41, 5.74) is 1.45. The Balaban J connectivity index is 2.43. The fourth-order valence-electron chi connectivity index (χ4n) is 1.77. The van der Waals surface area contributed by atoms with E-state index in [2.05, 4.69) is 9.97 Å². The highest BCUT2D eigenvalue weighted by molar-refractivity contribution is 6.40. The average molecular weight is 312 g/mol. The van der Waals surface area contributed by atoms with Gasteiger partial charge >= 0.3 is 0 Å². The Morgan fingerprint density at radius 2 is 1.90 bits per heavy atom. The van der Waals surface area contributed by atoms with Crippen molar-refractivity contribution in [3.05, 3.63) is 34.1 Å². The molecule has 2 rings (SSSR count). The number of benzene rings is 1. The van der Waals surface area contributed by atoms with E-state index in [1.54, 1.807) is 25.1 Å². The van der Waals surface area contributed by atoms with Crippen LogP contribution >= 0.6 is 23.2 Å². The molecule has 0 N–H and O–H groups in total. The lowest BCUT2D eigenvalue weighted by atomic mass is 10.1. The number of amides is 1. The highest BCUT2D eigenvalue weighted by atomic mass is 35.5. The van der Waals surface area contributed by atoms with Crippen LogP contribution in [0.15, 0.2) is 18.2 Å². The van der Waals surface area contributed by atoms with E-state index >= 15 is 0 Å². The number of aromatic nitrogens is 2. The maximum atomic E-state index is 12.2. The molecule has 0 aliphatic heterocycles. The summed E-state index contributed by atoms with van der Waals surface area (Å²) in [6.45, 7) is 2.31. The molecule has 1 aromatic heterocycles. The highest BCUT2D eigenvalue weighted by Crippen LogP contribution is 2.22. The Morgan fingerprint density at radius 1 is 1.25 bits per heavy atom. The van der Waals surface area contributed by atoms with Crippen molar-refractivity contribution >= 4 is 46.4 Å². The molecule has 0 aliphatic carbocycles. The number of rotatable bonds is 4. The summed E-state index contributed by atoms with van der Waals surface area (Å²) in [4.78, 5) is 32.4. The molecule has 0 aliphatic rings. The molecular weight excluding hydrogens is 301 g/mol. The monoisotopic (exact) mass is 311 g/mol. The molecular formula is C13H11Cl2N3O2. The summed E-state index contributed by atoms with van der Waals surface area (Å²) < 4.78 is 0. The number of likely N-dealkylation sites (N-methyl/N-ethyl adjacent to an activating group) is 1. The minimum atomic E-state index is -0.241. The van der Waals surface area contributed by atoms with Crippen molar-refractivity contribution < 1.29 is 9.59 Å². The summed E-state index contributed by atoms with van der Waals surface area (Å²) in [6, 6.07) is 4.85. The van der Waals surface area contributed by atoms with Crippen LogP contribution in [0.3, 0.4) is 0 Å². The van der Waals surface area contributed by atoms with Gasteiger partial charge in [0.1, 0.15) is 6.29 Å². The molecule has 1 amide bonds. The Bertz CT molecular complexity index is 676. The average Bonchev–Trinajstić information content (AvgIpc) is 2.45. The summed E-state index contributed by atoms with van der Waals surface area (Å²) in [6.07, 6.45) is 0.693. The van der Waals surface area contributed by atoms with Crippen molar-refractivity contribution in [1.82, 2.24) is 14.9 Å². The molecule has 5 nitrogen and oxygen atoms in total. The third-order valence-corrected chi connectivity index (χ3v) is 3.42. The molecule has 2 aromatic rings. The van der Waals surface area contributed by atoms with E-state index in [-0.39, 0.29) is 22.8 Å². The van der Waals surface area contributed by atoms with Crippen LogP contribution in [-0.2, 0) is 4.79 Å². The molecule has 1 heterocycles. The first-order chi connectivity index (χ1) is 9.56. The van der Waals surface area contributed by atoms with Crippen molar-refractivity contribution in [2.45, 2.75) is 6.92 Å². The van der Waals surface area contributed by atoms with Crippen molar-refractivity contribution in [1.29, 1.82) is 0 Å². The smallest absolute Gasteiger partial charge is 0.254 e. The minimum Gasteiger partial charge on any atom is -0.332 e. The van der Waals surface area contributed by atoms with Crippen LogP contribution in [0.2, 0.25) is 10.3 Å². The number of fused-ring (bicyclic) bond motifs is 1. The number of halogens is 2. The van der Waals surface area contributed by atoms with Gasteiger partial charge < -0.3 is 9.69 Å². The Hall–Kier alpha value is -1.72. The van der Waals surface area contributed by atoms with Gasteiger partial charge in [-0.15, -0.1) is 0 Å². The highest BCUT2D eigenvalue weighted by Gasteiger charge is 2.15. The predicted octanol–water partition coefficient (Wildman–Crippen LogP) is 2.60. The minimum absolute atomic E-state index is 0.0560. The van der Waals surface area contributed by atoms with Crippen molar-refractivity contribution in [2.75, 3.05) is 13.1 Å². The molecule has 0 fully saturated rings. The number of carbonyl (C=O) groups excluding carboxylic acids is 2. The zero-order valence-corrected chi connectivity index (χ0v) is 12.1. The van der Waals surface area contributed by atoms with Gasteiger partial charge in [0, 0.05) is 12.1 Å². The van der Waals surface area contributed by atoms with Gasteiger partial charge in [0.15, 0.2) is 10.3 Å². The van der Waals surface area contributed by atoms with E-state index < -0.39 is 0 Å². The SMILES string of the molecule is CCN(CC=O)C(=O)c1ccc2nc(Cl)c(Cl)nc2c1. The quantitative estimate of drug-likeness (QED) is 0.814. The Kier molecular flexibility index (Phi) is 4.52. The molecule has 20 heavy (non-hydrogen) atoms. The molecule has 0 radical (unpaired) electrons. The molecule has 0 unspecified atom stereocenters. The van der Waals surface area contributed by atoms with Crippen LogP contribution in [0.25, 0.3) is 11.0 Å². The summed E-state index contributed by atoms with van der Waals surface area (Å²) in [7, 11) is 0. The fourth-order valence-corrected chi connectivity index (χ4v) is 2.04. The Labute approximate surface area is 125 Å². The molecule has 0 bridgehead atoms. The van der Waals surface area contributed by atoms with E-state index in [1.165, 1.54) is 4.90 Å². The van der Waals surface area contributed by atoms with Gasteiger partial charge in [-0.1, -0.05) is 23.2 Å². The first-order valence-electron chi connectivity index (χ1n) is 5.92. The second-order valence-corrected chi connectivity index (χ2v) is 4.74. The van der Waals surface area contributed by atoms with Crippen molar-refractivity contribution in [2.24, 2.45) is 0 Å². The maximum Gasteiger partial charge on any atom is 0.254 e. The lowest BCUT2D eigenvalue weighted by molar-refractivity contribution is -0.108. The summed E-state index contributed by atoms with van der Waals surface area (Å²) in [5.74, 6) is -0.241. The topological polar surface area (TPSA) is 63.2 Å². The van der Waals surface area contributed by atoms with Crippen molar-refractivity contribution in [3.8, 4) is 0 Å². The van der Waals surface area contributed by atoms with E-state index in [4.69, 9.17) is 23.2 Å². The van der Waals surface area contributed by atoms with Crippen LogP contribution in [0.4, 0.5) is 0 Å². The first-order valence-corrected chi connectivity index (χ1v) is 6.68. The summed E-state index contributed by atoms with van der Waals surface area (Å²) in [5, 5.41) is 0.207. The van der Waals surface area contributed by atoms with Gasteiger partial charge in [0.2, 0.25) is 0 Å². The van der Waals surface area contributed by atoms with E-state index in [1.807, 2.05) is 0 Å². The molecule has 104 valence electrons. The van der Waals surface area contributed by atoms with Crippen LogP contribution in [0, 0.1) is 0 Å². The second kappa shape index (κ2) is 6.15. The zero-order valence-electron chi connectivity index (χ0n) is 10.6. The zero-order chi connectivity index (χ0) is 14.7. The molecule has 0 spiro atoms. The van der Waals surface area contributed by atoms with Crippen LogP contribution in [0.5, 0.6) is 0 Å². The van der Waals surface area contributed by atoms with Gasteiger partial charge in [-0.3, -0.25) is 4.79 Å². The molecule has 0 atom stereocenters. The lowest BCUT2D eigenvalue weighted by Crippen LogP contribution is -2.32. The normalized spacial score (nSPS) is 10.6. The third kappa shape index (κ3) is 2.89. The van der Waals surface area contributed by atoms with Crippen LogP contribution in [0.1, 0.15) is 17.3 Å². The standard InChI is InChI=1S/C13H11Cl2N3O2/c1-2-18(5-6-19)13(20)8-3-4-9-10(7-8)17-12(15)11(14)16-9/h3-4,6-7H,2,5H2,1H3. The van der Waals surface area contributed by atoms with Gasteiger partial charge in [0.05, 0.1) is 17.6 Å². The number of nitrogens with zero attached hydrogens (tertiary/aromatic N) is 3. The largest absolute Gasteiger partial charge is 0.332 e. The number of aldehydes is 1. The predicted molar refractivity (Wildman–Crippen MR) is 77.2 cm³/mol. The lowest BCUT2D eigenvalue weighted by Gasteiger charge is -2.17. The summed E-state index contributed by atoms with van der Waals surface area (Å²) >= 11 is 11.6. The second-order valence-electron chi connectivity index (χ2n) is 4.02. The molecule has 7 heteroatoms. The first kappa shape index (κ1) is 14.7. The van der Waals surface area contributed by atoms with Gasteiger partial charge in [-0.05, 0) is 25.1 Å². The van der Waals surface area contributed by atoms with Crippen LogP contribution in [-0.4, -0.2) is 40.2 Å². The van der Waals surface area contributed by atoms with Crippen molar-refractivity contribution in [3.63, 3.8) is 0 Å². The van der Waals surface area contributed by atoms with E-state index in [9.17, 15) is 9.59 Å². The molecule has 0 saturated carbocycles. The molecule has 1 aromatic carbocycles. The number of hydrogen-bond acceptors (Lipinski definition) is 4. The Morgan fingerprint density at radius 3 is 2.50 bits per heavy atom. The molecule has 0 saturated heterocycles. The van der Waals surface area contributed by atoms with E-state index in [0.717, 1.165) is 0 Å². The third-order valence-electron chi connectivity index (χ3n) is 2.79. The maximum absolute atomic E-state index is 12.2.